The molecule has 1 atom stereocenters. The number of rotatable bonds is 3. The Bertz CT molecular complexity index is 678. The normalized spacial score (nSPS) is 22.3. The highest BCUT2D eigenvalue weighted by atomic mass is 32.2. The van der Waals surface area contributed by atoms with Crippen LogP contribution in [0.15, 0.2) is 29.2 Å². The van der Waals surface area contributed by atoms with Crippen LogP contribution >= 0.6 is 0 Å². The summed E-state index contributed by atoms with van der Waals surface area (Å²) in [5.41, 5.74) is 0. The molecule has 22 heavy (non-hydrogen) atoms. The van der Waals surface area contributed by atoms with Crippen molar-refractivity contribution in [3.8, 4) is 0 Å². The highest BCUT2D eigenvalue weighted by molar-refractivity contribution is 7.89. The maximum absolute atomic E-state index is 13.8. The Morgan fingerprint density at radius 1 is 1.41 bits per heavy atom. The molecule has 1 unspecified atom stereocenters. The van der Waals surface area contributed by atoms with Crippen LogP contribution in [0.4, 0.5) is 13.2 Å². The van der Waals surface area contributed by atoms with E-state index in [1.165, 1.54) is 6.07 Å². The zero-order valence-electron chi connectivity index (χ0n) is 11.6. The highest BCUT2D eigenvalue weighted by Crippen LogP contribution is 2.36. The third kappa shape index (κ3) is 3.09. The van der Waals surface area contributed by atoms with Gasteiger partial charge in [-0.25, -0.2) is 21.6 Å². The molecular weight excluding hydrogens is 323 g/mol. The molecule has 0 bridgehead atoms. The van der Waals surface area contributed by atoms with Gasteiger partial charge in [0.15, 0.2) is 0 Å². The molecule has 122 valence electrons. The summed E-state index contributed by atoms with van der Waals surface area (Å²) in [5, 5.41) is 0. The molecule has 0 N–H and O–H groups in total. The number of esters is 1. The number of sulfonamides is 1. The van der Waals surface area contributed by atoms with Gasteiger partial charge in [-0.15, -0.1) is 0 Å². The molecule has 9 heteroatoms. The van der Waals surface area contributed by atoms with Crippen molar-refractivity contribution in [2.24, 2.45) is 5.92 Å². The zero-order valence-corrected chi connectivity index (χ0v) is 12.4. The molecule has 1 fully saturated rings. The van der Waals surface area contributed by atoms with Crippen LogP contribution in [0, 0.1) is 11.7 Å². The SMILES string of the molecule is COC(=O)C1CN(S(=O)(=O)c2cccc(F)c2)CCC1(F)F. The summed E-state index contributed by atoms with van der Waals surface area (Å²) in [5.74, 6) is -7.16. The Morgan fingerprint density at radius 2 is 2.09 bits per heavy atom. The predicted octanol–water partition coefficient (Wildman–Crippen LogP) is 1.64. The van der Waals surface area contributed by atoms with E-state index in [1.807, 2.05) is 0 Å². The van der Waals surface area contributed by atoms with Gasteiger partial charge in [0.2, 0.25) is 10.0 Å². The van der Waals surface area contributed by atoms with Gasteiger partial charge in [-0.1, -0.05) is 6.07 Å². The van der Waals surface area contributed by atoms with Crippen LogP contribution in [-0.4, -0.2) is 44.8 Å². The summed E-state index contributed by atoms with van der Waals surface area (Å²) in [6.45, 7) is -1.17. The van der Waals surface area contributed by atoms with Crippen LogP contribution < -0.4 is 0 Å². The standard InChI is InChI=1S/C13H14F3NO4S/c1-21-12(18)11-8-17(6-5-13(11,15)16)22(19,20)10-4-2-3-9(14)7-10/h2-4,7,11H,5-6,8H2,1H3. The predicted molar refractivity (Wildman–Crippen MR) is 70.2 cm³/mol. The van der Waals surface area contributed by atoms with Crippen LogP contribution in [0.5, 0.6) is 0 Å². The first-order chi connectivity index (χ1) is 10.2. The largest absolute Gasteiger partial charge is 0.469 e. The summed E-state index contributed by atoms with van der Waals surface area (Å²) in [6, 6.07) is 4.24. The Hall–Kier alpha value is -1.61. The van der Waals surface area contributed by atoms with Gasteiger partial charge in [0.25, 0.3) is 5.92 Å². The second kappa shape index (κ2) is 5.88. The molecule has 1 aromatic rings. The van der Waals surface area contributed by atoms with Crippen molar-refractivity contribution >= 4 is 16.0 Å². The van der Waals surface area contributed by atoms with Crippen molar-refractivity contribution in [2.45, 2.75) is 17.2 Å². The van der Waals surface area contributed by atoms with Gasteiger partial charge in [0.05, 0.1) is 12.0 Å². The molecule has 1 saturated heterocycles. The molecule has 5 nitrogen and oxygen atoms in total. The monoisotopic (exact) mass is 337 g/mol. The van der Waals surface area contributed by atoms with Gasteiger partial charge in [-0.2, -0.15) is 4.31 Å². The smallest absolute Gasteiger partial charge is 0.316 e. The van der Waals surface area contributed by atoms with E-state index in [0.29, 0.717) is 0 Å². The van der Waals surface area contributed by atoms with Crippen molar-refractivity contribution in [3.05, 3.63) is 30.1 Å². The highest BCUT2D eigenvalue weighted by Gasteiger charge is 2.51. The minimum absolute atomic E-state index is 0.346. The summed E-state index contributed by atoms with van der Waals surface area (Å²) in [4.78, 5) is 11.1. The zero-order chi connectivity index (χ0) is 16.5. The maximum atomic E-state index is 13.8. The lowest BCUT2D eigenvalue weighted by atomic mass is 9.95. The van der Waals surface area contributed by atoms with Crippen LogP contribution in [-0.2, 0) is 19.6 Å². The Kier molecular flexibility index (Phi) is 4.48. The number of carbonyl (C=O) groups is 1. The molecule has 1 aliphatic rings. The summed E-state index contributed by atoms with van der Waals surface area (Å²) in [7, 11) is -3.20. The molecule has 0 spiro atoms. The van der Waals surface area contributed by atoms with Crippen LogP contribution in [0.2, 0.25) is 0 Å². The van der Waals surface area contributed by atoms with E-state index in [1.54, 1.807) is 0 Å². The van der Waals surface area contributed by atoms with Crippen molar-refractivity contribution in [3.63, 3.8) is 0 Å². The molecular formula is C13H14F3NO4S. The van der Waals surface area contributed by atoms with E-state index in [9.17, 15) is 26.4 Å². The number of hydrogen-bond acceptors (Lipinski definition) is 4. The Balaban J connectivity index is 2.31. The molecule has 1 heterocycles. The third-order valence-electron chi connectivity index (χ3n) is 3.51. The minimum atomic E-state index is -4.16. The topological polar surface area (TPSA) is 63.7 Å². The van der Waals surface area contributed by atoms with E-state index >= 15 is 0 Å². The van der Waals surface area contributed by atoms with Crippen molar-refractivity contribution in [1.82, 2.24) is 4.31 Å². The molecule has 0 aliphatic carbocycles. The fraction of sp³-hybridized carbons (Fsp3) is 0.462. The van der Waals surface area contributed by atoms with Gasteiger partial charge >= 0.3 is 5.97 Å². The van der Waals surface area contributed by atoms with Gasteiger partial charge < -0.3 is 4.74 Å². The summed E-state index contributed by atoms with van der Waals surface area (Å²) >= 11 is 0. The number of methoxy groups -OCH3 is 1. The van der Waals surface area contributed by atoms with Crippen LogP contribution in [0.1, 0.15) is 6.42 Å². The first kappa shape index (κ1) is 16.8. The second-order valence-corrected chi connectivity index (χ2v) is 6.85. The molecule has 0 amide bonds. The van der Waals surface area contributed by atoms with E-state index in [2.05, 4.69) is 4.74 Å². The molecule has 1 aliphatic heterocycles. The summed E-state index contributed by atoms with van der Waals surface area (Å²) < 4.78 is 70.5. The quantitative estimate of drug-likeness (QED) is 0.787. The number of hydrogen-bond donors (Lipinski definition) is 0. The molecule has 2 rings (SSSR count). The molecule has 0 aromatic heterocycles. The third-order valence-corrected chi connectivity index (χ3v) is 5.37. The lowest BCUT2D eigenvalue weighted by Crippen LogP contribution is -2.52. The fourth-order valence-electron chi connectivity index (χ4n) is 2.26. The first-order valence-electron chi connectivity index (χ1n) is 6.40. The van der Waals surface area contributed by atoms with Gasteiger partial charge in [0.1, 0.15) is 11.7 Å². The lowest BCUT2D eigenvalue weighted by molar-refractivity contribution is -0.166. The Morgan fingerprint density at radius 3 is 2.68 bits per heavy atom. The second-order valence-electron chi connectivity index (χ2n) is 4.91. The number of carbonyl (C=O) groups excluding carboxylic acids is 1. The number of alkyl halides is 2. The van der Waals surface area contributed by atoms with Crippen molar-refractivity contribution in [1.29, 1.82) is 0 Å². The minimum Gasteiger partial charge on any atom is -0.469 e. The number of ether oxygens (including phenoxy) is 1. The number of piperidine rings is 1. The molecule has 0 saturated carbocycles. The summed E-state index contributed by atoms with van der Waals surface area (Å²) in [6.07, 6.45) is -0.804. The average molecular weight is 337 g/mol. The number of halogens is 3. The van der Waals surface area contributed by atoms with Crippen LogP contribution in [0.3, 0.4) is 0 Å². The van der Waals surface area contributed by atoms with E-state index in [0.717, 1.165) is 29.6 Å². The number of benzene rings is 1. The molecule has 1 aromatic carbocycles. The molecule has 0 radical (unpaired) electrons. The van der Waals surface area contributed by atoms with Crippen LogP contribution in [0.25, 0.3) is 0 Å². The van der Waals surface area contributed by atoms with Gasteiger partial charge in [0, 0.05) is 19.5 Å². The average Bonchev–Trinajstić information content (AvgIpc) is 2.46. The van der Waals surface area contributed by atoms with Gasteiger partial charge in [-0.3, -0.25) is 4.79 Å². The first-order valence-corrected chi connectivity index (χ1v) is 7.84. The Labute approximate surface area is 125 Å². The fourth-order valence-corrected chi connectivity index (χ4v) is 3.75. The van der Waals surface area contributed by atoms with Crippen molar-refractivity contribution < 1.29 is 31.1 Å². The number of nitrogens with zero attached hydrogens (tertiary/aromatic N) is 1. The van der Waals surface area contributed by atoms with E-state index in [-0.39, 0.29) is 4.90 Å². The van der Waals surface area contributed by atoms with Crippen molar-refractivity contribution in [2.75, 3.05) is 20.2 Å². The lowest BCUT2D eigenvalue weighted by Gasteiger charge is -2.35. The van der Waals surface area contributed by atoms with Gasteiger partial charge in [-0.05, 0) is 18.2 Å². The van der Waals surface area contributed by atoms with E-state index in [4.69, 9.17) is 0 Å². The van der Waals surface area contributed by atoms with E-state index < -0.39 is 53.2 Å². The maximum Gasteiger partial charge on any atom is 0.316 e.